The second-order valence-electron chi connectivity index (χ2n) is 7.06. The first kappa shape index (κ1) is 27.1. The van der Waals surface area contributed by atoms with Gasteiger partial charge in [0.05, 0.1) is 39.5 Å². The van der Waals surface area contributed by atoms with Gasteiger partial charge in [-0.2, -0.15) is 0 Å². The number of hydrogen-bond donors (Lipinski definition) is 3. The van der Waals surface area contributed by atoms with Crippen LogP contribution in [0.15, 0.2) is 0 Å². The molecule has 0 aromatic carbocycles. The van der Waals surface area contributed by atoms with Crippen LogP contribution in [0.1, 0.15) is 40.5 Å². The fourth-order valence-corrected chi connectivity index (χ4v) is 1.95. The summed E-state index contributed by atoms with van der Waals surface area (Å²) in [4.78, 5) is 34.2. The molecule has 0 aliphatic carbocycles. The molecule has 0 unspecified atom stereocenters. The van der Waals surface area contributed by atoms with Gasteiger partial charge in [0.1, 0.15) is 5.60 Å². The second kappa shape index (κ2) is 17.0. The number of amides is 2. The van der Waals surface area contributed by atoms with Gasteiger partial charge in [-0.15, -0.1) is 0 Å². The van der Waals surface area contributed by atoms with Gasteiger partial charge in [0.15, 0.2) is 0 Å². The van der Waals surface area contributed by atoms with E-state index in [1.54, 1.807) is 27.7 Å². The maximum Gasteiger partial charge on any atom is 0.407 e. The molecule has 2 amide bonds. The summed E-state index contributed by atoms with van der Waals surface area (Å²) in [6, 6.07) is 0. The lowest BCUT2D eigenvalue weighted by Gasteiger charge is -2.19. The molecule has 29 heavy (non-hydrogen) atoms. The van der Waals surface area contributed by atoms with Crippen molar-refractivity contribution in [3.8, 4) is 0 Å². The highest BCUT2D eigenvalue weighted by Crippen LogP contribution is 2.05. The average Bonchev–Trinajstić information content (AvgIpc) is 2.61. The number of carbonyl (C=O) groups excluding carboxylic acids is 3. The lowest BCUT2D eigenvalue weighted by Crippen LogP contribution is -2.38. The fourth-order valence-electron chi connectivity index (χ4n) is 1.95. The summed E-state index contributed by atoms with van der Waals surface area (Å²) in [5.41, 5.74) is -0.511. The molecule has 0 bridgehead atoms. The Morgan fingerprint density at radius 1 is 0.793 bits per heavy atom. The number of ether oxygens (including phenoxy) is 4. The van der Waals surface area contributed by atoms with Crippen LogP contribution in [0.3, 0.4) is 0 Å². The van der Waals surface area contributed by atoms with Crippen molar-refractivity contribution in [3.63, 3.8) is 0 Å². The molecule has 0 saturated carbocycles. The Hall–Kier alpha value is -1.91. The average molecular weight is 420 g/mol. The summed E-state index contributed by atoms with van der Waals surface area (Å²) < 4.78 is 20.4. The predicted octanol–water partition coefficient (Wildman–Crippen LogP) is 0.593. The van der Waals surface area contributed by atoms with E-state index in [4.69, 9.17) is 18.9 Å². The van der Waals surface area contributed by atoms with Gasteiger partial charge in [0, 0.05) is 32.6 Å². The van der Waals surface area contributed by atoms with Crippen LogP contribution in [-0.2, 0) is 28.5 Å². The van der Waals surface area contributed by atoms with Gasteiger partial charge in [-0.3, -0.25) is 9.59 Å². The maximum atomic E-state index is 11.7. The van der Waals surface area contributed by atoms with Gasteiger partial charge >= 0.3 is 12.1 Å². The summed E-state index contributed by atoms with van der Waals surface area (Å²) in [6.07, 6.45) is 0.0432. The minimum absolute atomic E-state index is 0.0955. The molecule has 0 fully saturated rings. The van der Waals surface area contributed by atoms with Crippen molar-refractivity contribution < 1.29 is 33.3 Å². The highest BCUT2D eigenvalue weighted by atomic mass is 16.6. The zero-order valence-electron chi connectivity index (χ0n) is 18.1. The van der Waals surface area contributed by atoms with Crippen molar-refractivity contribution in [2.24, 2.45) is 0 Å². The number of rotatable bonds is 16. The standard InChI is InChI=1S/C19H37N3O7/c1-5-28-17(24)7-13-27-15-14-26-12-6-16(23)21-10-8-20-9-11-22-18(25)29-19(2,3)4/h20H,5-15H2,1-4H3,(H,21,23)(H,22,25). The van der Waals surface area contributed by atoms with Crippen molar-refractivity contribution in [2.45, 2.75) is 46.1 Å². The Morgan fingerprint density at radius 2 is 1.38 bits per heavy atom. The first-order chi connectivity index (χ1) is 13.7. The third-order valence-corrected chi connectivity index (χ3v) is 3.20. The van der Waals surface area contributed by atoms with Crippen LogP contribution in [0.5, 0.6) is 0 Å². The molecule has 10 heteroatoms. The Bertz CT molecular complexity index is 467. The van der Waals surface area contributed by atoms with E-state index in [1.807, 2.05) is 0 Å². The fraction of sp³-hybridized carbons (Fsp3) is 0.842. The van der Waals surface area contributed by atoms with Crippen LogP contribution >= 0.6 is 0 Å². The Morgan fingerprint density at radius 3 is 1.97 bits per heavy atom. The predicted molar refractivity (Wildman–Crippen MR) is 108 cm³/mol. The topological polar surface area (TPSA) is 124 Å². The van der Waals surface area contributed by atoms with E-state index in [0.29, 0.717) is 59.2 Å². The number of esters is 1. The quantitative estimate of drug-likeness (QED) is 0.245. The van der Waals surface area contributed by atoms with Crippen LogP contribution in [0.25, 0.3) is 0 Å². The van der Waals surface area contributed by atoms with Gasteiger partial charge in [0.25, 0.3) is 0 Å². The molecular weight excluding hydrogens is 382 g/mol. The Labute approximate surface area is 173 Å². The SMILES string of the molecule is CCOC(=O)CCOCCOCCC(=O)NCCNCCNC(=O)OC(C)(C)C. The van der Waals surface area contributed by atoms with Crippen molar-refractivity contribution in [1.82, 2.24) is 16.0 Å². The molecule has 170 valence electrons. The lowest BCUT2D eigenvalue weighted by atomic mass is 10.2. The van der Waals surface area contributed by atoms with Gasteiger partial charge in [-0.1, -0.05) is 0 Å². The molecule has 0 atom stereocenters. The number of carbonyl (C=O) groups is 3. The van der Waals surface area contributed by atoms with E-state index in [1.165, 1.54) is 0 Å². The molecule has 0 saturated heterocycles. The molecule has 0 aromatic heterocycles. The largest absolute Gasteiger partial charge is 0.466 e. The van der Waals surface area contributed by atoms with E-state index in [0.717, 1.165) is 0 Å². The summed E-state index contributed by atoms with van der Waals surface area (Å²) in [5.74, 6) is -0.374. The third-order valence-electron chi connectivity index (χ3n) is 3.20. The molecule has 10 nitrogen and oxygen atoms in total. The van der Waals surface area contributed by atoms with Crippen LogP contribution in [0, 0.1) is 0 Å². The molecule has 3 N–H and O–H groups in total. The number of nitrogens with one attached hydrogen (secondary N) is 3. The summed E-state index contributed by atoms with van der Waals surface area (Å²) in [5, 5.41) is 8.52. The molecule has 0 rings (SSSR count). The molecule has 0 aromatic rings. The highest BCUT2D eigenvalue weighted by Gasteiger charge is 2.15. The van der Waals surface area contributed by atoms with Crippen molar-refractivity contribution in [3.05, 3.63) is 0 Å². The van der Waals surface area contributed by atoms with Crippen molar-refractivity contribution in [1.29, 1.82) is 0 Å². The molecule has 0 aliphatic heterocycles. The van der Waals surface area contributed by atoms with Gasteiger partial charge in [-0.05, 0) is 27.7 Å². The maximum absolute atomic E-state index is 11.7. The summed E-state index contributed by atoms with van der Waals surface area (Å²) >= 11 is 0. The van der Waals surface area contributed by atoms with Crippen LogP contribution in [-0.4, -0.2) is 82.8 Å². The van der Waals surface area contributed by atoms with Gasteiger partial charge < -0.3 is 34.9 Å². The molecule has 0 spiro atoms. The van der Waals surface area contributed by atoms with Crippen molar-refractivity contribution in [2.75, 3.05) is 59.2 Å². The Balaban J connectivity index is 3.36. The van der Waals surface area contributed by atoms with Gasteiger partial charge in [0.2, 0.25) is 5.91 Å². The van der Waals surface area contributed by atoms with E-state index < -0.39 is 11.7 Å². The molecule has 0 heterocycles. The van der Waals surface area contributed by atoms with Crippen molar-refractivity contribution >= 4 is 18.0 Å². The van der Waals surface area contributed by atoms with E-state index >= 15 is 0 Å². The smallest absolute Gasteiger partial charge is 0.407 e. The van der Waals surface area contributed by atoms with E-state index in [-0.39, 0.29) is 24.7 Å². The zero-order chi connectivity index (χ0) is 22.0. The van der Waals surface area contributed by atoms with Crippen LogP contribution < -0.4 is 16.0 Å². The molecule has 0 aliphatic rings. The minimum atomic E-state index is -0.511. The van der Waals surface area contributed by atoms with Gasteiger partial charge in [-0.25, -0.2) is 4.79 Å². The zero-order valence-corrected chi connectivity index (χ0v) is 18.1. The first-order valence-electron chi connectivity index (χ1n) is 10.00. The number of hydrogen-bond acceptors (Lipinski definition) is 8. The monoisotopic (exact) mass is 419 g/mol. The normalized spacial score (nSPS) is 11.0. The van der Waals surface area contributed by atoms with E-state index in [2.05, 4.69) is 16.0 Å². The molecule has 0 radical (unpaired) electrons. The number of alkyl carbamates (subject to hydrolysis) is 1. The van der Waals surface area contributed by atoms with E-state index in [9.17, 15) is 14.4 Å². The third kappa shape index (κ3) is 20.6. The molecular formula is C19H37N3O7. The Kier molecular flexibility index (Phi) is 15.9. The first-order valence-corrected chi connectivity index (χ1v) is 10.00. The highest BCUT2D eigenvalue weighted by molar-refractivity contribution is 5.75. The second-order valence-corrected chi connectivity index (χ2v) is 7.06. The van der Waals surface area contributed by atoms with Crippen LogP contribution in [0.4, 0.5) is 4.79 Å². The summed E-state index contributed by atoms with van der Waals surface area (Å²) in [6.45, 7) is 11.0. The lowest BCUT2D eigenvalue weighted by molar-refractivity contribution is -0.144. The van der Waals surface area contributed by atoms with Crippen LogP contribution in [0.2, 0.25) is 0 Å². The minimum Gasteiger partial charge on any atom is -0.466 e. The summed E-state index contributed by atoms with van der Waals surface area (Å²) in [7, 11) is 0.